The maximum absolute atomic E-state index is 10.9. The third-order valence-electron chi connectivity index (χ3n) is 3.68. The minimum Gasteiger partial charge on any atom is -0.475 e. The van der Waals surface area contributed by atoms with Gasteiger partial charge < -0.3 is 14.8 Å². The molecule has 0 aliphatic rings. The minimum absolute atomic E-state index is 0.0165. The van der Waals surface area contributed by atoms with Gasteiger partial charge in [0, 0.05) is 18.5 Å². The van der Waals surface area contributed by atoms with Gasteiger partial charge in [0.2, 0.25) is 5.76 Å². The van der Waals surface area contributed by atoms with Crippen molar-refractivity contribution in [2.45, 2.75) is 33.7 Å². The molecule has 4 nitrogen and oxygen atoms in total. The maximum atomic E-state index is 10.9. The van der Waals surface area contributed by atoms with Crippen molar-refractivity contribution in [1.82, 2.24) is 5.32 Å². The molecule has 108 valence electrons. The number of carboxylic acid groups (broad SMARTS) is 1. The first-order valence-corrected chi connectivity index (χ1v) is 6.88. The Labute approximate surface area is 118 Å². The van der Waals surface area contributed by atoms with Crippen molar-refractivity contribution in [3.05, 3.63) is 35.6 Å². The van der Waals surface area contributed by atoms with Crippen LogP contribution in [0.2, 0.25) is 0 Å². The molecule has 0 unspecified atom stereocenters. The molecule has 4 heteroatoms. The van der Waals surface area contributed by atoms with Crippen LogP contribution in [0.25, 0.3) is 11.0 Å². The Bertz CT molecular complexity index is 613. The highest BCUT2D eigenvalue weighted by Gasteiger charge is 2.14. The average Bonchev–Trinajstić information content (AvgIpc) is 2.82. The van der Waals surface area contributed by atoms with Crippen LogP contribution in [0.1, 0.15) is 43.3 Å². The second-order valence-electron chi connectivity index (χ2n) is 5.91. The van der Waals surface area contributed by atoms with Crippen LogP contribution < -0.4 is 5.32 Å². The zero-order chi connectivity index (χ0) is 14.8. The first kappa shape index (κ1) is 14.6. The summed E-state index contributed by atoms with van der Waals surface area (Å²) in [6.07, 6.45) is 1.13. The largest absolute Gasteiger partial charge is 0.475 e. The lowest BCUT2D eigenvalue weighted by atomic mass is 9.90. The van der Waals surface area contributed by atoms with E-state index in [4.69, 9.17) is 9.52 Å². The van der Waals surface area contributed by atoms with Gasteiger partial charge in [-0.25, -0.2) is 4.79 Å². The summed E-state index contributed by atoms with van der Waals surface area (Å²) in [5.74, 6) is -1.05. The van der Waals surface area contributed by atoms with E-state index in [0.717, 1.165) is 30.5 Å². The number of fused-ring (bicyclic) bond motifs is 1. The molecule has 20 heavy (non-hydrogen) atoms. The van der Waals surface area contributed by atoms with Crippen molar-refractivity contribution < 1.29 is 14.3 Å². The van der Waals surface area contributed by atoms with Crippen LogP contribution in [-0.4, -0.2) is 17.6 Å². The fourth-order valence-corrected chi connectivity index (χ4v) is 1.98. The van der Waals surface area contributed by atoms with Crippen LogP contribution in [0.5, 0.6) is 0 Å². The standard InChI is InChI=1S/C16H21NO3/c1-4-16(2,3)10-17-9-11-5-6-13-12(7-11)8-14(20-13)15(18)19/h5-8,17H,4,9-10H2,1-3H3,(H,18,19). The summed E-state index contributed by atoms with van der Waals surface area (Å²) >= 11 is 0. The van der Waals surface area contributed by atoms with Crippen molar-refractivity contribution in [3.8, 4) is 0 Å². The summed E-state index contributed by atoms with van der Waals surface area (Å²) in [6.45, 7) is 8.38. The normalized spacial score (nSPS) is 11.9. The van der Waals surface area contributed by atoms with E-state index >= 15 is 0 Å². The second kappa shape index (κ2) is 5.67. The van der Waals surface area contributed by atoms with Gasteiger partial charge in [-0.2, -0.15) is 0 Å². The smallest absolute Gasteiger partial charge is 0.371 e. The topological polar surface area (TPSA) is 62.5 Å². The van der Waals surface area contributed by atoms with E-state index in [9.17, 15) is 4.79 Å². The van der Waals surface area contributed by atoms with E-state index in [1.807, 2.05) is 18.2 Å². The quantitative estimate of drug-likeness (QED) is 0.844. The monoisotopic (exact) mass is 275 g/mol. The Hall–Kier alpha value is -1.81. The Kier molecular flexibility index (Phi) is 4.14. The van der Waals surface area contributed by atoms with Crippen LogP contribution in [0.4, 0.5) is 0 Å². The fourth-order valence-electron chi connectivity index (χ4n) is 1.98. The molecule has 0 atom stereocenters. The van der Waals surface area contributed by atoms with E-state index in [1.54, 1.807) is 6.07 Å². The van der Waals surface area contributed by atoms with Gasteiger partial charge in [0.25, 0.3) is 0 Å². The summed E-state index contributed by atoms with van der Waals surface area (Å²) in [6, 6.07) is 7.32. The molecule has 0 aliphatic heterocycles. The Morgan fingerprint density at radius 1 is 1.35 bits per heavy atom. The highest BCUT2D eigenvalue weighted by atomic mass is 16.4. The molecule has 1 aromatic carbocycles. The van der Waals surface area contributed by atoms with Gasteiger partial charge >= 0.3 is 5.97 Å². The van der Waals surface area contributed by atoms with Crippen LogP contribution in [0, 0.1) is 5.41 Å². The van der Waals surface area contributed by atoms with Gasteiger partial charge in [-0.1, -0.05) is 26.8 Å². The lowest BCUT2D eigenvalue weighted by Crippen LogP contribution is -2.28. The van der Waals surface area contributed by atoms with E-state index in [2.05, 4.69) is 26.1 Å². The van der Waals surface area contributed by atoms with Crippen LogP contribution in [0.3, 0.4) is 0 Å². The third-order valence-corrected chi connectivity index (χ3v) is 3.68. The molecular weight excluding hydrogens is 254 g/mol. The number of furan rings is 1. The number of carbonyl (C=O) groups is 1. The molecule has 0 saturated carbocycles. The second-order valence-corrected chi connectivity index (χ2v) is 5.91. The molecule has 0 amide bonds. The van der Waals surface area contributed by atoms with Crippen LogP contribution >= 0.6 is 0 Å². The zero-order valence-corrected chi connectivity index (χ0v) is 12.2. The van der Waals surface area contributed by atoms with Crippen LogP contribution in [0.15, 0.2) is 28.7 Å². The zero-order valence-electron chi connectivity index (χ0n) is 12.2. The molecule has 1 heterocycles. The van der Waals surface area contributed by atoms with Crippen molar-refractivity contribution >= 4 is 16.9 Å². The number of hydrogen-bond donors (Lipinski definition) is 2. The molecule has 2 rings (SSSR count). The lowest BCUT2D eigenvalue weighted by molar-refractivity contribution is 0.0665. The van der Waals surface area contributed by atoms with E-state index in [-0.39, 0.29) is 11.2 Å². The molecule has 0 fully saturated rings. The lowest BCUT2D eigenvalue weighted by Gasteiger charge is -2.22. The van der Waals surface area contributed by atoms with Crippen LogP contribution in [-0.2, 0) is 6.54 Å². The van der Waals surface area contributed by atoms with Crippen molar-refractivity contribution in [3.63, 3.8) is 0 Å². The van der Waals surface area contributed by atoms with Gasteiger partial charge in [-0.15, -0.1) is 0 Å². The SMILES string of the molecule is CCC(C)(C)CNCc1ccc2oc(C(=O)O)cc2c1. The predicted molar refractivity (Wildman–Crippen MR) is 79.0 cm³/mol. The molecular formula is C16H21NO3. The molecule has 0 spiro atoms. The summed E-state index contributed by atoms with van der Waals surface area (Å²) in [7, 11) is 0. The Morgan fingerprint density at radius 2 is 2.10 bits per heavy atom. The number of nitrogens with one attached hydrogen (secondary N) is 1. The number of hydrogen-bond acceptors (Lipinski definition) is 3. The number of rotatable bonds is 6. The van der Waals surface area contributed by atoms with Gasteiger partial charge in [-0.3, -0.25) is 0 Å². The van der Waals surface area contributed by atoms with Gasteiger partial charge in [0.15, 0.2) is 0 Å². The minimum atomic E-state index is -1.04. The molecule has 2 N–H and O–H groups in total. The summed E-state index contributed by atoms with van der Waals surface area (Å²) in [5.41, 5.74) is 2.03. The molecule has 2 aromatic rings. The third kappa shape index (κ3) is 3.39. The maximum Gasteiger partial charge on any atom is 0.371 e. The van der Waals surface area contributed by atoms with Gasteiger partial charge in [0.05, 0.1) is 0 Å². The van der Waals surface area contributed by atoms with Crippen molar-refractivity contribution in [2.24, 2.45) is 5.41 Å². The summed E-state index contributed by atoms with van der Waals surface area (Å²) in [4.78, 5) is 10.9. The molecule has 0 saturated heterocycles. The number of carboxylic acids is 1. The number of aromatic carboxylic acids is 1. The van der Waals surface area contributed by atoms with Crippen molar-refractivity contribution in [1.29, 1.82) is 0 Å². The Morgan fingerprint density at radius 3 is 2.75 bits per heavy atom. The van der Waals surface area contributed by atoms with E-state index in [1.165, 1.54) is 0 Å². The van der Waals surface area contributed by atoms with Gasteiger partial charge in [-0.05, 0) is 35.6 Å². The van der Waals surface area contributed by atoms with E-state index in [0.29, 0.717) is 5.58 Å². The van der Waals surface area contributed by atoms with E-state index < -0.39 is 5.97 Å². The number of benzene rings is 1. The fraction of sp³-hybridized carbons (Fsp3) is 0.438. The summed E-state index contributed by atoms with van der Waals surface area (Å²) in [5, 5.41) is 13.2. The first-order valence-electron chi connectivity index (χ1n) is 6.88. The Balaban J connectivity index is 2.06. The molecule has 0 bridgehead atoms. The first-order chi connectivity index (χ1) is 9.41. The van der Waals surface area contributed by atoms with Crippen molar-refractivity contribution in [2.75, 3.05) is 6.54 Å². The van der Waals surface area contributed by atoms with Gasteiger partial charge in [0.1, 0.15) is 5.58 Å². The molecule has 1 aromatic heterocycles. The molecule has 0 aliphatic carbocycles. The highest BCUT2D eigenvalue weighted by Crippen LogP contribution is 2.21. The average molecular weight is 275 g/mol. The molecule has 0 radical (unpaired) electrons. The predicted octanol–water partition coefficient (Wildman–Crippen LogP) is 3.66. The highest BCUT2D eigenvalue weighted by molar-refractivity contribution is 5.91. The summed E-state index contributed by atoms with van der Waals surface area (Å²) < 4.78 is 5.24.